The van der Waals surface area contributed by atoms with Gasteiger partial charge in [0.1, 0.15) is 11.8 Å². The van der Waals surface area contributed by atoms with E-state index in [1.165, 1.54) is 19.3 Å². The van der Waals surface area contributed by atoms with Crippen LogP contribution >= 0.6 is 11.6 Å². The van der Waals surface area contributed by atoms with Gasteiger partial charge in [-0.25, -0.2) is 0 Å². The number of methoxy groups -OCH3 is 1. The average Bonchev–Trinajstić information content (AvgIpc) is 2.51. The van der Waals surface area contributed by atoms with Crippen LogP contribution < -0.4 is 15.4 Å². The number of nitrogens with one attached hydrogen (secondary N) is 2. The van der Waals surface area contributed by atoms with Gasteiger partial charge in [0.05, 0.1) is 12.8 Å². The van der Waals surface area contributed by atoms with E-state index in [1.807, 2.05) is 19.9 Å². The van der Waals surface area contributed by atoms with Gasteiger partial charge in [-0.05, 0) is 38.3 Å². The third kappa shape index (κ3) is 4.29. The molecule has 0 saturated heterocycles. The Morgan fingerprint density at radius 1 is 1.32 bits per heavy atom. The summed E-state index contributed by atoms with van der Waals surface area (Å²) in [5.74, 6) is 0.675. The molecular weight excluding hydrogens is 300 g/mol. The van der Waals surface area contributed by atoms with Crippen molar-refractivity contribution in [3.8, 4) is 5.75 Å². The van der Waals surface area contributed by atoms with Crippen molar-refractivity contribution in [2.75, 3.05) is 12.4 Å². The maximum absolute atomic E-state index is 12.3. The lowest BCUT2D eigenvalue weighted by Crippen LogP contribution is -2.44. The van der Waals surface area contributed by atoms with Crippen LogP contribution in [0.5, 0.6) is 5.75 Å². The van der Waals surface area contributed by atoms with Gasteiger partial charge >= 0.3 is 0 Å². The molecule has 0 spiro atoms. The number of hydrogen-bond acceptors (Lipinski definition) is 3. The molecule has 0 heterocycles. The highest BCUT2D eigenvalue weighted by atomic mass is 35.5. The van der Waals surface area contributed by atoms with Crippen molar-refractivity contribution in [3.63, 3.8) is 0 Å². The Hall–Kier alpha value is -1.42. The minimum absolute atomic E-state index is 0.0292. The molecule has 0 bridgehead atoms. The second-order valence-corrected chi connectivity index (χ2v) is 6.42. The summed E-state index contributed by atoms with van der Waals surface area (Å²) in [6.07, 6.45) is 5.86. The van der Waals surface area contributed by atoms with Crippen molar-refractivity contribution in [2.24, 2.45) is 0 Å². The second kappa shape index (κ2) is 7.73. The van der Waals surface area contributed by atoms with Crippen molar-refractivity contribution in [2.45, 2.75) is 58.0 Å². The molecule has 2 N–H and O–H groups in total. The maximum atomic E-state index is 12.3. The summed E-state index contributed by atoms with van der Waals surface area (Å²) in [5.41, 5.74) is 1.74. The van der Waals surface area contributed by atoms with Crippen LogP contribution in [-0.4, -0.2) is 25.1 Å². The Morgan fingerprint density at radius 3 is 2.64 bits per heavy atom. The van der Waals surface area contributed by atoms with Crippen molar-refractivity contribution < 1.29 is 9.53 Å². The van der Waals surface area contributed by atoms with E-state index in [-0.39, 0.29) is 11.9 Å². The van der Waals surface area contributed by atoms with Crippen molar-refractivity contribution in [1.82, 2.24) is 5.32 Å². The first-order chi connectivity index (χ1) is 10.5. The number of benzene rings is 1. The van der Waals surface area contributed by atoms with Gasteiger partial charge in [0.25, 0.3) is 0 Å². The molecule has 1 aromatic rings. The monoisotopic (exact) mass is 324 g/mol. The van der Waals surface area contributed by atoms with Crippen LogP contribution in [0.15, 0.2) is 12.1 Å². The van der Waals surface area contributed by atoms with Crippen LogP contribution in [0.3, 0.4) is 0 Å². The fourth-order valence-corrected chi connectivity index (χ4v) is 2.97. The first-order valence-corrected chi connectivity index (χ1v) is 8.30. The summed E-state index contributed by atoms with van der Waals surface area (Å²) in [4.78, 5) is 12.3. The highest BCUT2D eigenvalue weighted by Gasteiger charge is 2.20. The molecule has 1 amide bonds. The lowest BCUT2D eigenvalue weighted by atomic mass is 9.95. The predicted molar refractivity (Wildman–Crippen MR) is 90.8 cm³/mol. The van der Waals surface area contributed by atoms with Gasteiger partial charge in [0, 0.05) is 17.1 Å². The van der Waals surface area contributed by atoms with E-state index in [9.17, 15) is 4.79 Å². The number of halogens is 1. The lowest BCUT2D eigenvalue weighted by molar-refractivity contribution is -0.122. The minimum Gasteiger partial charge on any atom is -0.495 e. The van der Waals surface area contributed by atoms with Crippen molar-refractivity contribution in [3.05, 3.63) is 22.7 Å². The summed E-state index contributed by atoms with van der Waals surface area (Å²) in [6.45, 7) is 3.79. The van der Waals surface area contributed by atoms with Crippen LogP contribution in [0.1, 0.15) is 44.6 Å². The maximum Gasteiger partial charge on any atom is 0.242 e. The standard InChI is InChI=1S/C17H25ClN2O2/c1-11-9-15(16(22-3)10-14(11)18)19-12(2)17(21)20-13-7-5-4-6-8-13/h9-10,12-13,19H,4-8H2,1-3H3,(H,20,21). The second-order valence-electron chi connectivity index (χ2n) is 6.01. The summed E-state index contributed by atoms with van der Waals surface area (Å²) >= 11 is 6.11. The molecule has 5 heteroatoms. The van der Waals surface area contributed by atoms with E-state index < -0.39 is 0 Å². The molecular formula is C17H25ClN2O2. The minimum atomic E-state index is -0.323. The normalized spacial score (nSPS) is 16.9. The SMILES string of the molecule is COc1cc(Cl)c(C)cc1NC(C)C(=O)NC1CCCCC1. The Bertz CT molecular complexity index is 528. The van der Waals surface area contributed by atoms with E-state index in [4.69, 9.17) is 16.3 Å². The van der Waals surface area contributed by atoms with Gasteiger partial charge in [-0.1, -0.05) is 30.9 Å². The zero-order valence-electron chi connectivity index (χ0n) is 13.5. The molecule has 1 fully saturated rings. The molecule has 22 heavy (non-hydrogen) atoms. The largest absolute Gasteiger partial charge is 0.495 e. The Labute approximate surface area is 137 Å². The molecule has 0 aliphatic heterocycles. The molecule has 1 aliphatic carbocycles. The number of ether oxygens (including phenoxy) is 1. The van der Waals surface area contributed by atoms with Gasteiger partial charge in [0.15, 0.2) is 0 Å². The average molecular weight is 325 g/mol. The number of rotatable bonds is 5. The zero-order chi connectivity index (χ0) is 16.1. The molecule has 0 aromatic heterocycles. The highest BCUT2D eigenvalue weighted by Crippen LogP contribution is 2.31. The quantitative estimate of drug-likeness (QED) is 0.863. The molecule has 1 saturated carbocycles. The Balaban J connectivity index is 1.99. The van der Waals surface area contributed by atoms with Gasteiger partial charge in [-0.2, -0.15) is 0 Å². The predicted octanol–water partition coefficient (Wildman–Crippen LogP) is 3.91. The molecule has 1 aliphatic rings. The fourth-order valence-electron chi connectivity index (χ4n) is 2.82. The number of hydrogen-bond donors (Lipinski definition) is 2. The summed E-state index contributed by atoms with van der Waals surface area (Å²) in [7, 11) is 1.60. The Morgan fingerprint density at radius 2 is 2.00 bits per heavy atom. The molecule has 4 nitrogen and oxygen atoms in total. The van der Waals surface area contributed by atoms with E-state index >= 15 is 0 Å². The fraction of sp³-hybridized carbons (Fsp3) is 0.588. The number of aryl methyl sites for hydroxylation is 1. The molecule has 1 atom stereocenters. The van der Waals surface area contributed by atoms with Crippen LogP contribution in [0, 0.1) is 6.92 Å². The van der Waals surface area contributed by atoms with E-state index in [2.05, 4.69) is 10.6 Å². The summed E-state index contributed by atoms with van der Waals surface area (Å²) in [6, 6.07) is 3.67. The third-order valence-electron chi connectivity index (χ3n) is 4.20. The first kappa shape index (κ1) is 16.9. The zero-order valence-corrected chi connectivity index (χ0v) is 14.3. The first-order valence-electron chi connectivity index (χ1n) is 7.92. The van der Waals surface area contributed by atoms with E-state index in [0.717, 1.165) is 24.1 Å². The van der Waals surface area contributed by atoms with Crippen LogP contribution in [0.2, 0.25) is 5.02 Å². The van der Waals surface area contributed by atoms with Crippen LogP contribution in [0.4, 0.5) is 5.69 Å². The van der Waals surface area contributed by atoms with Crippen molar-refractivity contribution in [1.29, 1.82) is 0 Å². The van der Waals surface area contributed by atoms with Gasteiger partial charge in [-0.15, -0.1) is 0 Å². The third-order valence-corrected chi connectivity index (χ3v) is 4.60. The molecule has 122 valence electrons. The van der Waals surface area contributed by atoms with Gasteiger partial charge < -0.3 is 15.4 Å². The lowest BCUT2D eigenvalue weighted by Gasteiger charge is -2.25. The number of anilines is 1. The highest BCUT2D eigenvalue weighted by molar-refractivity contribution is 6.31. The molecule has 2 rings (SSSR count). The Kier molecular flexibility index (Phi) is 5.95. The van der Waals surface area contributed by atoms with Gasteiger partial charge in [-0.3, -0.25) is 4.79 Å². The summed E-state index contributed by atoms with van der Waals surface area (Å²) < 4.78 is 5.33. The van der Waals surface area contributed by atoms with Gasteiger partial charge in [0.2, 0.25) is 5.91 Å². The number of carbonyl (C=O) groups excluding carboxylic acids is 1. The van der Waals surface area contributed by atoms with Crippen LogP contribution in [0.25, 0.3) is 0 Å². The van der Waals surface area contributed by atoms with Crippen molar-refractivity contribution >= 4 is 23.2 Å². The van der Waals surface area contributed by atoms with E-state index in [1.54, 1.807) is 13.2 Å². The molecule has 0 radical (unpaired) electrons. The number of amides is 1. The van der Waals surface area contributed by atoms with E-state index in [0.29, 0.717) is 16.8 Å². The molecule has 1 unspecified atom stereocenters. The van der Waals surface area contributed by atoms with Crippen LogP contribution in [-0.2, 0) is 4.79 Å². The molecule has 1 aromatic carbocycles. The topological polar surface area (TPSA) is 50.4 Å². The number of carbonyl (C=O) groups is 1. The summed E-state index contributed by atoms with van der Waals surface area (Å²) in [5, 5.41) is 7.01. The smallest absolute Gasteiger partial charge is 0.242 e.